The normalized spacial score (nSPS) is 10.4. The second-order valence-corrected chi connectivity index (χ2v) is 4.08. The zero-order valence-corrected chi connectivity index (χ0v) is 10.5. The molecule has 5 heteroatoms. The number of aliphatic hydroxyl groups excluding tert-OH is 1. The van der Waals surface area contributed by atoms with Gasteiger partial charge in [-0.05, 0) is 5.56 Å². The highest BCUT2D eigenvalue weighted by atomic mass is 16.5. The van der Waals surface area contributed by atoms with Crippen LogP contribution < -0.4 is 15.9 Å². The number of nitrogens with two attached hydrogens (primary N) is 1. The Hall–Kier alpha value is -2.11. The van der Waals surface area contributed by atoms with Crippen LogP contribution in [0.3, 0.4) is 0 Å². The maximum Gasteiger partial charge on any atom is 0.223 e. The Morgan fingerprint density at radius 1 is 1.26 bits per heavy atom. The van der Waals surface area contributed by atoms with Gasteiger partial charge in [0, 0.05) is 11.8 Å². The van der Waals surface area contributed by atoms with Gasteiger partial charge >= 0.3 is 0 Å². The van der Waals surface area contributed by atoms with Gasteiger partial charge in [0.25, 0.3) is 0 Å². The van der Waals surface area contributed by atoms with Gasteiger partial charge in [0.1, 0.15) is 6.61 Å². The first kappa shape index (κ1) is 13.3. The molecule has 19 heavy (non-hydrogen) atoms. The fourth-order valence-corrected chi connectivity index (χ4v) is 1.74. The van der Waals surface area contributed by atoms with Gasteiger partial charge in [-0.1, -0.05) is 30.3 Å². The molecular weight excluding hydrogens is 244 g/mol. The average Bonchev–Trinajstić information content (AvgIpc) is 2.46. The molecule has 0 unspecified atom stereocenters. The summed E-state index contributed by atoms with van der Waals surface area (Å²) in [6.45, 7) is 0.266. The molecule has 0 amide bonds. The number of rotatable bonds is 5. The van der Waals surface area contributed by atoms with E-state index in [0.29, 0.717) is 12.3 Å². The lowest BCUT2D eigenvalue weighted by Crippen LogP contribution is -2.18. The number of nitrogens with zero attached hydrogens (tertiary/aromatic N) is 1. The van der Waals surface area contributed by atoms with Crippen LogP contribution in [0.15, 0.2) is 47.4 Å². The monoisotopic (exact) mass is 260 g/mol. The Morgan fingerprint density at radius 2 is 2.00 bits per heavy atom. The number of aliphatic hydroxyl groups is 1. The second kappa shape index (κ2) is 6.17. The maximum atomic E-state index is 11.8. The van der Waals surface area contributed by atoms with E-state index in [1.807, 2.05) is 30.3 Å². The Kier molecular flexibility index (Phi) is 4.33. The maximum absolute atomic E-state index is 11.8. The van der Waals surface area contributed by atoms with Gasteiger partial charge < -0.3 is 20.1 Å². The van der Waals surface area contributed by atoms with E-state index < -0.39 is 0 Å². The SMILES string of the molecule is NCn1cc(OCc2ccccc2)c(=O)cc1CO. The smallest absolute Gasteiger partial charge is 0.223 e. The predicted octanol–water partition coefficient (Wildman–Crippen LogP) is 0.836. The summed E-state index contributed by atoms with van der Waals surface area (Å²) in [6, 6.07) is 10.9. The van der Waals surface area contributed by atoms with Crippen LogP contribution in [-0.2, 0) is 19.9 Å². The Balaban J connectivity index is 2.19. The fraction of sp³-hybridized carbons (Fsp3) is 0.214. The summed E-state index contributed by atoms with van der Waals surface area (Å²) in [5.41, 5.74) is 6.74. The molecular formula is C14H16N2O3. The van der Waals surface area contributed by atoms with Crippen molar-refractivity contribution in [2.75, 3.05) is 0 Å². The minimum Gasteiger partial charge on any atom is -0.483 e. The summed E-state index contributed by atoms with van der Waals surface area (Å²) in [6.07, 6.45) is 1.52. The number of hydrogen-bond acceptors (Lipinski definition) is 4. The zero-order valence-electron chi connectivity index (χ0n) is 10.5. The van der Waals surface area contributed by atoms with Crippen molar-refractivity contribution in [3.63, 3.8) is 0 Å². The predicted molar refractivity (Wildman–Crippen MR) is 71.6 cm³/mol. The molecule has 0 radical (unpaired) electrons. The molecule has 0 saturated heterocycles. The van der Waals surface area contributed by atoms with E-state index in [1.165, 1.54) is 12.3 Å². The number of ether oxygens (including phenoxy) is 1. The van der Waals surface area contributed by atoms with Crippen molar-refractivity contribution in [2.24, 2.45) is 5.73 Å². The lowest BCUT2D eigenvalue weighted by atomic mass is 10.2. The van der Waals surface area contributed by atoms with E-state index in [2.05, 4.69) is 0 Å². The van der Waals surface area contributed by atoms with E-state index in [1.54, 1.807) is 4.57 Å². The quantitative estimate of drug-likeness (QED) is 0.835. The number of pyridine rings is 1. The van der Waals surface area contributed by atoms with E-state index in [-0.39, 0.29) is 24.5 Å². The summed E-state index contributed by atoms with van der Waals surface area (Å²) in [7, 11) is 0. The highest BCUT2D eigenvalue weighted by Gasteiger charge is 2.06. The molecule has 2 rings (SSSR count). The first-order chi connectivity index (χ1) is 9.24. The molecule has 1 heterocycles. The van der Waals surface area contributed by atoms with E-state index >= 15 is 0 Å². The largest absolute Gasteiger partial charge is 0.483 e. The van der Waals surface area contributed by atoms with Gasteiger partial charge in [-0.3, -0.25) is 4.79 Å². The van der Waals surface area contributed by atoms with Crippen LogP contribution in [-0.4, -0.2) is 9.67 Å². The lowest BCUT2D eigenvalue weighted by Gasteiger charge is -2.12. The van der Waals surface area contributed by atoms with E-state index in [0.717, 1.165) is 5.56 Å². The number of benzene rings is 1. The zero-order chi connectivity index (χ0) is 13.7. The standard InChI is InChI=1S/C14H16N2O3/c15-10-16-7-14(13(18)6-12(16)8-17)19-9-11-4-2-1-3-5-11/h1-7,17H,8-10,15H2. The molecule has 1 aromatic carbocycles. The topological polar surface area (TPSA) is 77.5 Å². The Labute approximate surface area is 110 Å². The summed E-state index contributed by atoms with van der Waals surface area (Å²) < 4.78 is 7.08. The number of hydrogen-bond donors (Lipinski definition) is 2. The molecule has 0 spiro atoms. The van der Waals surface area contributed by atoms with Crippen molar-refractivity contribution in [2.45, 2.75) is 19.9 Å². The first-order valence-corrected chi connectivity index (χ1v) is 5.95. The molecule has 100 valence electrons. The first-order valence-electron chi connectivity index (χ1n) is 5.95. The van der Waals surface area contributed by atoms with Crippen molar-refractivity contribution in [1.82, 2.24) is 4.57 Å². The van der Waals surface area contributed by atoms with Crippen LogP contribution in [0.5, 0.6) is 5.75 Å². The molecule has 0 bridgehead atoms. The third kappa shape index (κ3) is 3.21. The molecule has 3 N–H and O–H groups in total. The van der Waals surface area contributed by atoms with Crippen LogP contribution in [0, 0.1) is 0 Å². The molecule has 0 atom stereocenters. The van der Waals surface area contributed by atoms with Gasteiger partial charge in [-0.25, -0.2) is 0 Å². The lowest BCUT2D eigenvalue weighted by molar-refractivity contribution is 0.265. The van der Waals surface area contributed by atoms with Crippen LogP contribution in [0.2, 0.25) is 0 Å². The highest BCUT2D eigenvalue weighted by molar-refractivity contribution is 5.23. The number of aromatic nitrogens is 1. The molecule has 2 aromatic rings. The third-order valence-electron chi connectivity index (χ3n) is 2.78. The van der Waals surface area contributed by atoms with Gasteiger partial charge in [0.05, 0.1) is 19.5 Å². The molecule has 0 aliphatic carbocycles. The average molecular weight is 260 g/mol. The van der Waals surface area contributed by atoms with Crippen molar-refractivity contribution >= 4 is 0 Å². The molecule has 0 fully saturated rings. The Bertz CT molecular complexity index is 593. The van der Waals surface area contributed by atoms with Gasteiger partial charge in [-0.15, -0.1) is 0 Å². The Morgan fingerprint density at radius 3 is 2.63 bits per heavy atom. The summed E-state index contributed by atoms with van der Waals surface area (Å²) in [4.78, 5) is 11.8. The van der Waals surface area contributed by atoms with E-state index in [4.69, 9.17) is 15.6 Å². The molecule has 1 aromatic heterocycles. The summed E-state index contributed by atoms with van der Waals surface area (Å²) in [5.74, 6) is 0.228. The summed E-state index contributed by atoms with van der Waals surface area (Å²) in [5, 5.41) is 9.12. The van der Waals surface area contributed by atoms with Crippen molar-refractivity contribution in [3.05, 3.63) is 64.1 Å². The van der Waals surface area contributed by atoms with Gasteiger partial charge in [-0.2, -0.15) is 0 Å². The molecule has 0 aliphatic rings. The fourth-order valence-electron chi connectivity index (χ4n) is 1.74. The van der Waals surface area contributed by atoms with Crippen LogP contribution >= 0.6 is 0 Å². The highest BCUT2D eigenvalue weighted by Crippen LogP contribution is 2.09. The van der Waals surface area contributed by atoms with Crippen molar-refractivity contribution in [1.29, 1.82) is 0 Å². The minimum atomic E-state index is -0.260. The van der Waals surface area contributed by atoms with E-state index in [9.17, 15) is 4.79 Å². The third-order valence-corrected chi connectivity index (χ3v) is 2.78. The van der Waals surface area contributed by atoms with Gasteiger partial charge in [0.2, 0.25) is 5.43 Å². The van der Waals surface area contributed by atoms with Crippen molar-refractivity contribution < 1.29 is 9.84 Å². The molecule has 5 nitrogen and oxygen atoms in total. The van der Waals surface area contributed by atoms with Crippen LogP contribution in [0.25, 0.3) is 0 Å². The molecule has 0 aliphatic heterocycles. The summed E-state index contributed by atoms with van der Waals surface area (Å²) >= 11 is 0. The molecule has 0 saturated carbocycles. The van der Waals surface area contributed by atoms with Crippen molar-refractivity contribution in [3.8, 4) is 5.75 Å². The van der Waals surface area contributed by atoms with Crippen LogP contribution in [0.1, 0.15) is 11.3 Å². The second-order valence-electron chi connectivity index (χ2n) is 4.08. The van der Waals surface area contributed by atoms with Gasteiger partial charge in [0.15, 0.2) is 5.75 Å². The van der Waals surface area contributed by atoms with Crippen LogP contribution in [0.4, 0.5) is 0 Å². The minimum absolute atomic E-state index is 0.178.